The summed E-state index contributed by atoms with van der Waals surface area (Å²) >= 11 is 0. The minimum absolute atomic E-state index is 0.0860. The predicted octanol–water partition coefficient (Wildman–Crippen LogP) is 0.352. The Labute approximate surface area is 83.8 Å². The molecule has 0 spiro atoms. The zero-order chi connectivity index (χ0) is 10.1. The molecule has 1 N–H and O–H groups in total. The number of hydrogen-bond donors (Lipinski definition) is 1. The van der Waals surface area contributed by atoms with Crippen molar-refractivity contribution < 1.29 is 14.6 Å². The minimum atomic E-state index is -0.0860. The number of aliphatic hydroxyl groups excluding tert-OH is 1. The van der Waals surface area contributed by atoms with Crippen molar-refractivity contribution in [2.75, 3.05) is 13.2 Å². The van der Waals surface area contributed by atoms with Gasteiger partial charge in [0, 0.05) is 31.6 Å². The van der Waals surface area contributed by atoms with Gasteiger partial charge in [0.2, 0.25) is 5.91 Å². The third-order valence-electron chi connectivity index (χ3n) is 3.25. The zero-order valence-electron chi connectivity index (χ0n) is 8.48. The predicted molar refractivity (Wildman–Crippen MR) is 50.5 cm³/mol. The van der Waals surface area contributed by atoms with Crippen molar-refractivity contribution in [3.8, 4) is 0 Å². The largest absolute Gasteiger partial charge is 0.396 e. The molecule has 0 aromatic rings. The lowest BCUT2D eigenvalue weighted by Gasteiger charge is -2.24. The monoisotopic (exact) mass is 199 g/mol. The van der Waals surface area contributed by atoms with Gasteiger partial charge in [-0.3, -0.25) is 4.79 Å². The van der Waals surface area contributed by atoms with Gasteiger partial charge in [-0.2, -0.15) is 0 Å². The van der Waals surface area contributed by atoms with Gasteiger partial charge in [-0.25, -0.2) is 0 Å². The van der Waals surface area contributed by atoms with Crippen molar-refractivity contribution in [2.24, 2.45) is 5.92 Å². The number of fused-ring (bicyclic) bond motifs is 1. The first-order valence-electron chi connectivity index (χ1n) is 5.31. The number of rotatable bonds is 3. The maximum absolute atomic E-state index is 11.6. The smallest absolute Gasteiger partial charge is 0.224 e. The molecule has 0 aromatic carbocycles. The molecular weight excluding hydrogens is 182 g/mol. The quantitative estimate of drug-likeness (QED) is 0.713. The highest BCUT2D eigenvalue weighted by Gasteiger charge is 2.47. The van der Waals surface area contributed by atoms with E-state index in [0.717, 1.165) is 12.8 Å². The average Bonchev–Trinajstić information content (AvgIpc) is 2.70. The second-order valence-corrected chi connectivity index (χ2v) is 4.00. The van der Waals surface area contributed by atoms with E-state index in [4.69, 9.17) is 4.74 Å². The van der Waals surface area contributed by atoms with Gasteiger partial charge in [-0.1, -0.05) is 0 Å². The molecule has 14 heavy (non-hydrogen) atoms. The number of nitrogens with zero attached hydrogens (tertiary/aromatic N) is 1. The van der Waals surface area contributed by atoms with Gasteiger partial charge in [0.1, 0.15) is 6.23 Å². The SMILES string of the molecule is CCOC1C[C@H](CO)[C@H]2CCC(=O)N12. The van der Waals surface area contributed by atoms with E-state index in [1.807, 2.05) is 11.8 Å². The first-order chi connectivity index (χ1) is 6.77. The third-order valence-corrected chi connectivity index (χ3v) is 3.25. The summed E-state index contributed by atoms with van der Waals surface area (Å²) in [4.78, 5) is 13.4. The number of carbonyl (C=O) groups is 1. The van der Waals surface area contributed by atoms with Crippen molar-refractivity contribution in [2.45, 2.75) is 38.5 Å². The maximum Gasteiger partial charge on any atom is 0.224 e. The van der Waals surface area contributed by atoms with Crippen LogP contribution in [-0.4, -0.2) is 41.4 Å². The molecule has 0 saturated carbocycles. The van der Waals surface area contributed by atoms with Crippen LogP contribution in [0.3, 0.4) is 0 Å². The van der Waals surface area contributed by atoms with Gasteiger partial charge in [-0.05, 0) is 19.8 Å². The topological polar surface area (TPSA) is 49.8 Å². The molecule has 2 aliphatic heterocycles. The second-order valence-electron chi connectivity index (χ2n) is 4.00. The van der Waals surface area contributed by atoms with Gasteiger partial charge in [-0.15, -0.1) is 0 Å². The van der Waals surface area contributed by atoms with Crippen LogP contribution in [0.15, 0.2) is 0 Å². The lowest BCUT2D eigenvalue weighted by atomic mass is 9.99. The van der Waals surface area contributed by atoms with E-state index in [1.54, 1.807) is 0 Å². The molecule has 0 aromatic heterocycles. The molecule has 2 fully saturated rings. The van der Waals surface area contributed by atoms with E-state index < -0.39 is 0 Å². The summed E-state index contributed by atoms with van der Waals surface area (Å²) in [5, 5.41) is 9.19. The molecule has 2 saturated heterocycles. The summed E-state index contributed by atoms with van der Waals surface area (Å²) in [6.45, 7) is 2.72. The number of hydrogen-bond acceptors (Lipinski definition) is 3. The molecule has 0 aliphatic carbocycles. The van der Waals surface area contributed by atoms with Gasteiger partial charge < -0.3 is 14.7 Å². The van der Waals surface area contributed by atoms with Gasteiger partial charge in [0.05, 0.1) is 0 Å². The number of amides is 1. The Bertz CT molecular complexity index is 231. The van der Waals surface area contributed by atoms with Crippen LogP contribution < -0.4 is 0 Å². The van der Waals surface area contributed by atoms with Gasteiger partial charge in [0.25, 0.3) is 0 Å². The Morgan fingerprint density at radius 1 is 1.64 bits per heavy atom. The summed E-state index contributed by atoms with van der Waals surface area (Å²) in [7, 11) is 0. The molecule has 1 unspecified atom stereocenters. The van der Waals surface area contributed by atoms with Crippen molar-refractivity contribution >= 4 is 5.91 Å². The fourth-order valence-corrected chi connectivity index (χ4v) is 2.63. The lowest BCUT2D eigenvalue weighted by molar-refractivity contribution is -0.139. The molecule has 0 radical (unpaired) electrons. The summed E-state index contributed by atoms with van der Waals surface area (Å²) in [5.41, 5.74) is 0. The van der Waals surface area contributed by atoms with Gasteiger partial charge >= 0.3 is 0 Å². The summed E-state index contributed by atoms with van der Waals surface area (Å²) < 4.78 is 5.51. The average molecular weight is 199 g/mol. The zero-order valence-corrected chi connectivity index (χ0v) is 8.48. The minimum Gasteiger partial charge on any atom is -0.396 e. The van der Waals surface area contributed by atoms with Crippen LogP contribution in [-0.2, 0) is 9.53 Å². The number of ether oxygens (including phenoxy) is 1. The Hall–Kier alpha value is -0.610. The van der Waals surface area contributed by atoms with Gasteiger partial charge in [0.15, 0.2) is 0 Å². The fraction of sp³-hybridized carbons (Fsp3) is 0.900. The molecule has 4 nitrogen and oxygen atoms in total. The summed E-state index contributed by atoms with van der Waals surface area (Å²) in [5.74, 6) is 0.405. The molecule has 80 valence electrons. The van der Waals surface area contributed by atoms with E-state index in [-0.39, 0.29) is 30.7 Å². The van der Waals surface area contributed by atoms with E-state index in [9.17, 15) is 9.90 Å². The highest BCUT2D eigenvalue weighted by molar-refractivity contribution is 5.79. The lowest BCUT2D eigenvalue weighted by Crippen LogP contribution is -2.37. The maximum atomic E-state index is 11.6. The normalized spacial score (nSPS) is 36.6. The molecule has 4 heteroatoms. The first-order valence-corrected chi connectivity index (χ1v) is 5.31. The van der Waals surface area contributed by atoms with Crippen molar-refractivity contribution in [1.82, 2.24) is 4.90 Å². The van der Waals surface area contributed by atoms with Crippen LogP contribution in [0.25, 0.3) is 0 Å². The van der Waals surface area contributed by atoms with Crippen LogP contribution in [0, 0.1) is 5.92 Å². The second kappa shape index (κ2) is 3.87. The van der Waals surface area contributed by atoms with E-state index in [1.165, 1.54) is 0 Å². The number of carbonyl (C=O) groups excluding carboxylic acids is 1. The van der Waals surface area contributed by atoms with Crippen molar-refractivity contribution in [3.63, 3.8) is 0 Å². The van der Waals surface area contributed by atoms with Crippen LogP contribution >= 0.6 is 0 Å². The van der Waals surface area contributed by atoms with Crippen molar-refractivity contribution in [3.05, 3.63) is 0 Å². The van der Waals surface area contributed by atoms with Crippen LogP contribution in [0.2, 0.25) is 0 Å². The Balaban J connectivity index is 2.10. The third kappa shape index (κ3) is 1.42. The highest BCUT2D eigenvalue weighted by atomic mass is 16.5. The molecule has 2 rings (SSSR count). The Morgan fingerprint density at radius 2 is 2.43 bits per heavy atom. The van der Waals surface area contributed by atoms with Crippen LogP contribution in [0.4, 0.5) is 0 Å². The molecular formula is C10H17NO3. The number of aliphatic hydroxyl groups is 1. The molecule has 1 amide bonds. The van der Waals surface area contributed by atoms with Crippen LogP contribution in [0.1, 0.15) is 26.2 Å². The molecule has 0 bridgehead atoms. The Morgan fingerprint density at radius 3 is 3.07 bits per heavy atom. The fourth-order valence-electron chi connectivity index (χ4n) is 2.63. The van der Waals surface area contributed by atoms with Crippen molar-refractivity contribution in [1.29, 1.82) is 0 Å². The highest BCUT2D eigenvalue weighted by Crippen LogP contribution is 2.37. The van der Waals surface area contributed by atoms with E-state index in [0.29, 0.717) is 13.0 Å². The summed E-state index contributed by atoms with van der Waals surface area (Å²) in [6.07, 6.45) is 2.20. The first kappa shape index (κ1) is 9.93. The van der Waals surface area contributed by atoms with Crippen LogP contribution in [0.5, 0.6) is 0 Å². The Kier molecular flexibility index (Phi) is 2.74. The molecule has 3 atom stereocenters. The molecule has 2 heterocycles. The van der Waals surface area contributed by atoms with E-state index >= 15 is 0 Å². The molecule has 2 aliphatic rings. The standard InChI is InChI=1S/C10H17NO3/c1-2-14-10-5-7(6-12)8-3-4-9(13)11(8)10/h7-8,10,12H,2-6H2,1H3/t7-,8-,10?/m1/s1. The van der Waals surface area contributed by atoms with E-state index in [2.05, 4.69) is 0 Å². The summed E-state index contributed by atoms with van der Waals surface area (Å²) in [6, 6.07) is 0.226.